The molecule has 0 aromatic heterocycles. The maximum absolute atomic E-state index is 11.7. The molecule has 1 aromatic rings. The molecule has 4 N–H and O–H groups in total. The number of hydrogen-bond acceptors (Lipinski definition) is 5. The largest absolute Gasteiger partial charge is 0.486 e. The van der Waals surface area contributed by atoms with Gasteiger partial charge in [-0.15, -0.1) is 0 Å². The predicted octanol–water partition coefficient (Wildman–Crippen LogP) is -0.267. The molecule has 1 aromatic carbocycles. The molecule has 0 radical (unpaired) electrons. The molecule has 7 heteroatoms. The lowest BCUT2D eigenvalue weighted by Gasteiger charge is -2.19. The standard InChI is InChI=1S/C13H18N4O3/c18-13(17-10-7-15-16-8-10)14-6-9-1-2-11-12(5-9)20-4-3-19-11/h1-2,5,10,15-16H,3-4,6-8H2,(H2,14,17,18). The molecular formula is C13H18N4O3. The first-order valence-electron chi connectivity index (χ1n) is 6.70. The number of nitrogens with one attached hydrogen (secondary N) is 4. The molecule has 1 saturated heterocycles. The van der Waals surface area contributed by atoms with Crippen LogP contribution in [0.1, 0.15) is 5.56 Å². The Morgan fingerprint density at radius 1 is 1.20 bits per heavy atom. The highest BCUT2D eigenvalue weighted by atomic mass is 16.6. The zero-order valence-electron chi connectivity index (χ0n) is 11.1. The molecule has 2 amide bonds. The van der Waals surface area contributed by atoms with Crippen LogP contribution in [0.25, 0.3) is 0 Å². The predicted molar refractivity (Wildman–Crippen MR) is 72.6 cm³/mol. The summed E-state index contributed by atoms with van der Waals surface area (Å²) >= 11 is 0. The third-order valence-corrected chi connectivity index (χ3v) is 3.22. The highest BCUT2D eigenvalue weighted by molar-refractivity contribution is 5.74. The Kier molecular flexibility index (Phi) is 3.89. The van der Waals surface area contributed by atoms with Gasteiger partial charge in [-0.05, 0) is 17.7 Å². The first-order valence-corrected chi connectivity index (χ1v) is 6.70. The SMILES string of the molecule is O=C(NCc1ccc2c(c1)OCCO2)NC1CNNC1. The lowest BCUT2D eigenvalue weighted by molar-refractivity contribution is 0.171. The normalized spacial score (nSPS) is 17.8. The average molecular weight is 278 g/mol. The Balaban J connectivity index is 1.51. The van der Waals surface area contributed by atoms with Crippen molar-refractivity contribution in [2.24, 2.45) is 0 Å². The van der Waals surface area contributed by atoms with E-state index in [-0.39, 0.29) is 12.1 Å². The van der Waals surface area contributed by atoms with Crippen LogP contribution >= 0.6 is 0 Å². The number of rotatable bonds is 3. The van der Waals surface area contributed by atoms with Gasteiger partial charge in [0.05, 0.1) is 6.04 Å². The topological polar surface area (TPSA) is 83.7 Å². The summed E-state index contributed by atoms with van der Waals surface area (Å²) in [7, 11) is 0. The van der Waals surface area contributed by atoms with E-state index in [1.54, 1.807) is 0 Å². The number of urea groups is 1. The van der Waals surface area contributed by atoms with Crippen molar-refractivity contribution in [2.45, 2.75) is 12.6 Å². The summed E-state index contributed by atoms with van der Waals surface area (Å²) in [5, 5.41) is 5.71. The van der Waals surface area contributed by atoms with Crippen molar-refractivity contribution in [1.82, 2.24) is 21.5 Å². The van der Waals surface area contributed by atoms with Crippen LogP contribution in [0.3, 0.4) is 0 Å². The second-order valence-corrected chi connectivity index (χ2v) is 4.76. The second-order valence-electron chi connectivity index (χ2n) is 4.76. The number of fused-ring (bicyclic) bond motifs is 1. The van der Waals surface area contributed by atoms with Crippen molar-refractivity contribution >= 4 is 6.03 Å². The van der Waals surface area contributed by atoms with Gasteiger partial charge in [-0.2, -0.15) is 0 Å². The van der Waals surface area contributed by atoms with Gasteiger partial charge in [0.15, 0.2) is 11.5 Å². The molecule has 2 aliphatic heterocycles. The minimum Gasteiger partial charge on any atom is -0.486 e. The van der Waals surface area contributed by atoms with Crippen molar-refractivity contribution < 1.29 is 14.3 Å². The van der Waals surface area contributed by atoms with E-state index in [9.17, 15) is 4.79 Å². The fourth-order valence-electron chi connectivity index (χ4n) is 2.18. The van der Waals surface area contributed by atoms with Crippen molar-refractivity contribution in [1.29, 1.82) is 0 Å². The molecule has 3 rings (SSSR count). The molecule has 0 atom stereocenters. The fraction of sp³-hybridized carbons (Fsp3) is 0.462. The van der Waals surface area contributed by atoms with Crippen LogP contribution in [0.15, 0.2) is 18.2 Å². The zero-order valence-corrected chi connectivity index (χ0v) is 11.1. The van der Waals surface area contributed by atoms with Crippen LogP contribution < -0.4 is 31.0 Å². The van der Waals surface area contributed by atoms with Crippen LogP contribution in [0.5, 0.6) is 11.5 Å². The van der Waals surface area contributed by atoms with E-state index >= 15 is 0 Å². The Labute approximate surface area is 117 Å². The zero-order chi connectivity index (χ0) is 13.8. The molecule has 108 valence electrons. The summed E-state index contributed by atoms with van der Waals surface area (Å²) in [6, 6.07) is 5.64. The van der Waals surface area contributed by atoms with Gasteiger partial charge >= 0.3 is 6.03 Å². The molecule has 20 heavy (non-hydrogen) atoms. The van der Waals surface area contributed by atoms with Gasteiger partial charge in [0, 0.05) is 19.6 Å². The number of carbonyl (C=O) groups is 1. The van der Waals surface area contributed by atoms with Gasteiger partial charge in [-0.1, -0.05) is 6.07 Å². The van der Waals surface area contributed by atoms with Crippen LogP contribution in [0.2, 0.25) is 0 Å². The smallest absolute Gasteiger partial charge is 0.315 e. The molecule has 0 unspecified atom stereocenters. The Hall–Kier alpha value is -1.99. The number of hydrogen-bond donors (Lipinski definition) is 4. The van der Waals surface area contributed by atoms with E-state index < -0.39 is 0 Å². The molecule has 7 nitrogen and oxygen atoms in total. The van der Waals surface area contributed by atoms with Crippen LogP contribution in [0.4, 0.5) is 4.79 Å². The summed E-state index contributed by atoms with van der Waals surface area (Å²) in [4.78, 5) is 11.7. The van der Waals surface area contributed by atoms with Gasteiger partial charge in [0.25, 0.3) is 0 Å². The van der Waals surface area contributed by atoms with E-state index in [1.165, 1.54) is 0 Å². The van der Waals surface area contributed by atoms with Crippen molar-refractivity contribution in [3.05, 3.63) is 23.8 Å². The summed E-state index contributed by atoms with van der Waals surface area (Å²) in [6.07, 6.45) is 0. The molecule has 2 heterocycles. The fourth-order valence-corrected chi connectivity index (χ4v) is 2.18. The first-order chi connectivity index (χ1) is 9.81. The lowest BCUT2D eigenvalue weighted by Crippen LogP contribution is -2.44. The van der Waals surface area contributed by atoms with Gasteiger partial charge in [0.2, 0.25) is 0 Å². The summed E-state index contributed by atoms with van der Waals surface area (Å²) < 4.78 is 11.0. The number of carbonyl (C=O) groups excluding carboxylic acids is 1. The molecular weight excluding hydrogens is 260 g/mol. The minimum atomic E-state index is -0.171. The van der Waals surface area contributed by atoms with Crippen molar-refractivity contribution in [3.63, 3.8) is 0 Å². The maximum atomic E-state index is 11.7. The van der Waals surface area contributed by atoms with Crippen LogP contribution in [-0.2, 0) is 6.54 Å². The highest BCUT2D eigenvalue weighted by Gasteiger charge is 2.16. The van der Waals surface area contributed by atoms with E-state index in [0.29, 0.717) is 19.8 Å². The summed E-state index contributed by atoms with van der Waals surface area (Å²) in [6.45, 7) is 3.06. The Morgan fingerprint density at radius 2 is 1.95 bits per heavy atom. The monoisotopic (exact) mass is 278 g/mol. The van der Waals surface area contributed by atoms with Crippen molar-refractivity contribution in [3.8, 4) is 11.5 Å². The van der Waals surface area contributed by atoms with E-state index in [0.717, 1.165) is 30.2 Å². The van der Waals surface area contributed by atoms with Gasteiger partial charge in [0.1, 0.15) is 13.2 Å². The summed E-state index contributed by atoms with van der Waals surface area (Å²) in [5.74, 6) is 1.49. The molecule has 0 saturated carbocycles. The third kappa shape index (κ3) is 3.12. The van der Waals surface area contributed by atoms with Crippen LogP contribution in [-0.4, -0.2) is 38.4 Å². The van der Waals surface area contributed by atoms with Crippen LogP contribution in [0, 0.1) is 0 Å². The Morgan fingerprint density at radius 3 is 2.75 bits per heavy atom. The number of hydrazine groups is 1. The number of benzene rings is 1. The molecule has 0 spiro atoms. The minimum absolute atomic E-state index is 0.121. The average Bonchev–Trinajstić information content (AvgIpc) is 2.98. The molecule has 1 fully saturated rings. The summed E-state index contributed by atoms with van der Waals surface area (Å²) in [5.41, 5.74) is 6.90. The van der Waals surface area contributed by atoms with E-state index in [1.807, 2.05) is 18.2 Å². The third-order valence-electron chi connectivity index (χ3n) is 3.22. The first kappa shape index (κ1) is 13.0. The number of amides is 2. The van der Waals surface area contributed by atoms with Gasteiger partial charge in [-0.25, -0.2) is 4.79 Å². The Bertz CT molecular complexity index is 489. The maximum Gasteiger partial charge on any atom is 0.315 e. The van der Waals surface area contributed by atoms with Crippen molar-refractivity contribution in [2.75, 3.05) is 26.3 Å². The second kappa shape index (κ2) is 5.98. The van der Waals surface area contributed by atoms with E-state index in [4.69, 9.17) is 9.47 Å². The molecule has 0 bridgehead atoms. The number of ether oxygens (including phenoxy) is 2. The lowest BCUT2D eigenvalue weighted by atomic mass is 10.2. The van der Waals surface area contributed by atoms with Gasteiger partial charge in [-0.3, -0.25) is 10.9 Å². The quantitative estimate of drug-likeness (QED) is 0.612. The highest BCUT2D eigenvalue weighted by Crippen LogP contribution is 2.30. The molecule has 2 aliphatic rings. The molecule has 0 aliphatic carbocycles. The van der Waals surface area contributed by atoms with Gasteiger partial charge < -0.3 is 20.1 Å². The van der Waals surface area contributed by atoms with E-state index in [2.05, 4.69) is 21.5 Å².